The van der Waals surface area contributed by atoms with Crippen molar-refractivity contribution in [2.45, 2.75) is 39.8 Å². The van der Waals surface area contributed by atoms with Gasteiger partial charge < -0.3 is 20.7 Å². The molecule has 39 heavy (non-hydrogen) atoms. The first kappa shape index (κ1) is 26.1. The summed E-state index contributed by atoms with van der Waals surface area (Å²) in [6.45, 7) is 6.08. The van der Waals surface area contributed by atoms with Crippen molar-refractivity contribution < 1.29 is 14.7 Å². The lowest BCUT2D eigenvalue weighted by Gasteiger charge is -2.18. The molecule has 4 heterocycles. The average molecular weight is 526 g/mol. The molecule has 200 valence electrons. The minimum atomic E-state index is -0.415. The Morgan fingerprint density at radius 3 is 2.67 bits per heavy atom. The highest BCUT2D eigenvalue weighted by atomic mass is 16.3. The Hall–Kier alpha value is -4.57. The lowest BCUT2D eigenvalue weighted by Crippen LogP contribution is -2.39. The SMILES string of the molecule is Cc1nc2ccc(CNC(=O)c3cccn4c(C(=O)N[C@H](CO)CC(C)C)c(-c5ccccn5)nc34)cc2[nH]1. The minimum Gasteiger partial charge on any atom is -0.394 e. The van der Waals surface area contributed by atoms with E-state index in [2.05, 4.69) is 25.6 Å². The summed E-state index contributed by atoms with van der Waals surface area (Å²) in [5, 5.41) is 15.7. The summed E-state index contributed by atoms with van der Waals surface area (Å²) in [4.78, 5) is 43.6. The number of hydrogen-bond donors (Lipinski definition) is 4. The highest BCUT2D eigenvalue weighted by Gasteiger charge is 2.26. The lowest BCUT2D eigenvalue weighted by molar-refractivity contribution is 0.0901. The minimum absolute atomic E-state index is 0.183. The Balaban J connectivity index is 1.48. The lowest BCUT2D eigenvalue weighted by atomic mass is 10.0. The van der Waals surface area contributed by atoms with Crippen molar-refractivity contribution in [1.29, 1.82) is 0 Å². The summed E-state index contributed by atoms with van der Waals surface area (Å²) in [5.74, 6) is 0.394. The topological polar surface area (TPSA) is 137 Å². The predicted molar refractivity (Wildman–Crippen MR) is 148 cm³/mol. The third-order valence-corrected chi connectivity index (χ3v) is 6.45. The Kier molecular flexibility index (Phi) is 7.38. The number of rotatable bonds is 9. The average Bonchev–Trinajstić information content (AvgIpc) is 3.50. The van der Waals surface area contributed by atoms with Crippen molar-refractivity contribution >= 4 is 28.5 Å². The van der Waals surface area contributed by atoms with Gasteiger partial charge in [0, 0.05) is 18.9 Å². The number of hydrogen-bond acceptors (Lipinski definition) is 6. The number of pyridine rings is 2. The monoisotopic (exact) mass is 525 g/mol. The number of fused-ring (bicyclic) bond motifs is 2. The van der Waals surface area contributed by atoms with Gasteiger partial charge in [-0.25, -0.2) is 9.97 Å². The largest absolute Gasteiger partial charge is 0.394 e. The van der Waals surface area contributed by atoms with Gasteiger partial charge in [0.25, 0.3) is 11.8 Å². The summed E-state index contributed by atoms with van der Waals surface area (Å²) < 4.78 is 1.61. The number of aromatic amines is 1. The quantitative estimate of drug-likeness (QED) is 0.232. The molecule has 5 aromatic rings. The molecule has 0 unspecified atom stereocenters. The normalized spacial score (nSPS) is 12.2. The molecule has 0 radical (unpaired) electrons. The second kappa shape index (κ2) is 11.0. The third-order valence-electron chi connectivity index (χ3n) is 6.45. The second-order valence-electron chi connectivity index (χ2n) is 9.98. The summed E-state index contributed by atoms with van der Waals surface area (Å²) >= 11 is 0. The number of nitrogens with one attached hydrogen (secondary N) is 3. The van der Waals surface area contributed by atoms with E-state index in [0.29, 0.717) is 35.6 Å². The number of aliphatic hydroxyl groups is 1. The van der Waals surface area contributed by atoms with Gasteiger partial charge in [0.15, 0.2) is 5.65 Å². The van der Waals surface area contributed by atoms with Gasteiger partial charge in [-0.05, 0) is 61.2 Å². The molecule has 0 saturated heterocycles. The van der Waals surface area contributed by atoms with E-state index in [9.17, 15) is 14.7 Å². The van der Waals surface area contributed by atoms with Crippen LogP contribution in [-0.2, 0) is 6.54 Å². The van der Waals surface area contributed by atoms with Crippen LogP contribution in [0, 0.1) is 12.8 Å². The van der Waals surface area contributed by atoms with Gasteiger partial charge in [-0.1, -0.05) is 26.0 Å². The molecule has 10 heteroatoms. The number of aromatic nitrogens is 5. The summed E-state index contributed by atoms with van der Waals surface area (Å²) in [6, 6.07) is 14.1. The number of imidazole rings is 2. The molecule has 0 bridgehead atoms. The van der Waals surface area contributed by atoms with Gasteiger partial charge in [0.05, 0.1) is 34.9 Å². The van der Waals surface area contributed by atoms with Gasteiger partial charge >= 0.3 is 0 Å². The molecule has 1 aromatic carbocycles. The second-order valence-corrected chi connectivity index (χ2v) is 9.98. The smallest absolute Gasteiger partial charge is 0.270 e. The van der Waals surface area contributed by atoms with E-state index >= 15 is 0 Å². The Bertz CT molecular complexity index is 1640. The van der Waals surface area contributed by atoms with Gasteiger partial charge in [0.1, 0.15) is 17.2 Å². The molecule has 4 N–H and O–H groups in total. The van der Waals surface area contributed by atoms with Gasteiger partial charge in [-0.15, -0.1) is 0 Å². The fourth-order valence-corrected chi connectivity index (χ4v) is 4.72. The Morgan fingerprint density at radius 1 is 1.08 bits per heavy atom. The van der Waals surface area contributed by atoms with Crippen LogP contribution < -0.4 is 10.6 Å². The molecular weight excluding hydrogens is 494 g/mol. The van der Waals surface area contributed by atoms with Crippen LogP contribution in [-0.4, -0.2) is 53.9 Å². The van der Waals surface area contributed by atoms with E-state index in [-0.39, 0.29) is 24.1 Å². The number of benzene rings is 1. The fraction of sp³-hybridized carbons (Fsp3) is 0.276. The molecule has 5 rings (SSSR count). The predicted octanol–water partition coefficient (Wildman–Crippen LogP) is 3.65. The van der Waals surface area contributed by atoms with Crippen molar-refractivity contribution in [1.82, 2.24) is 35.0 Å². The van der Waals surface area contributed by atoms with Crippen LogP contribution >= 0.6 is 0 Å². The summed E-state index contributed by atoms with van der Waals surface area (Å²) in [6.07, 6.45) is 3.95. The number of carbonyl (C=O) groups excluding carboxylic acids is 2. The Labute approximate surface area is 225 Å². The molecule has 0 aliphatic carbocycles. The molecule has 2 amide bonds. The van der Waals surface area contributed by atoms with Crippen LogP contribution in [0.4, 0.5) is 0 Å². The zero-order valence-electron chi connectivity index (χ0n) is 22.1. The molecule has 4 aromatic heterocycles. The van der Waals surface area contributed by atoms with E-state index < -0.39 is 11.9 Å². The van der Waals surface area contributed by atoms with Gasteiger partial charge in [-0.3, -0.25) is 19.0 Å². The molecule has 0 aliphatic rings. The van der Waals surface area contributed by atoms with Crippen molar-refractivity contribution in [2.75, 3.05) is 6.61 Å². The van der Waals surface area contributed by atoms with E-state index in [1.165, 1.54) is 0 Å². The van der Waals surface area contributed by atoms with Crippen molar-refractivity contribution in [3.63, 3.8) is 0 Å². The number of amides is 2. The maximum atomic E-state index is 13.5. The van der Waals surface area contributed by atoms with Gasteiger partial charge in [-0.2, -0.15) is 0 Å². The van der Waals surface area contributed by atoms with Crippen LogP contribution in [0.5, 0.6) is 0 Å². The Morgan fingerprint density at radius 2 is 1.92 bits per heavy atom. The zero-order valence-corrected chi connectivity index (χ0v) is 22.1. The molecule has 1 atom stereocenters. The van der Waals surface area contributed by atoms with E-state index in [1.54, 1.807) is 41.1 Å². The van der Waals surface area contributed by atoms with Crippen molar-refractivity contribution in [2.24, 2.45) is 5.92 Å². The van der Waals surface area contributed by atoms with Crippen LogP contribution in [0.15, 0.2) is 60.9 Å². The summed E-state index contributed by atoms with van der Waals surface area (Å²) in [7, 11) is 0. The van der Waals surface area contributed by atoms with Crippen molar-refractivity contribution in [3.8, 4) is 11.4 Å². The zero-order chi connectivity index (χ0) is 27.5. The first-order chi connectivity index (χ1) is 18.8. The molecule has 0 saturated carbocycles. The number of carbonyl (C=O) groups is 2. The number of H-pyrrole nitrogens is 1. The highest BCUT2D eigenvalue weighted by molar-refractivity contribution is 6.04. The maximum Gasteiger partial charge on any atom is 0.270 e. The van der Waals surface area contributed by atoms with Gasteiger partial charge in [0.2, 0.25) is 0 Å². The van der Waals surface area contributed by atoms with E-state index in [0.717, 1.165) is 22.4 Å². The van der Waals surface area contributed by atoms with Crippen LogP contribution in [0.2, 0.25) is 0 Å². The van der Waals surface area contributed by atoms with Crippen LogP contribution in [0.3, 0.4) is 0 Å². The highest BCUT2D eigenvalue weighted by Crippen LogP contribution is 2.25. The van der Waals surface area contributed by atoms with E-state index in [4.69, 9.17) is 4.98 Å². The molecule has 0 spiro atoms. The number of aryl methyl sites for hydroxylation is 1. The fourth-order valence-electron chi connectivity index (χ4n) is 4.72. The molecular formula is C29H31N7O3. The first-order valence-corrected chi connectivity index (χ1v) is 12.9. The maximum absolute atomic E-state index is 13.5. The standard InChI is InChI=1S/C29H31N7O3/c1-17(2)13-20(16-37)34-29(39)26-25(23-8-4-5-11-30-23)35-27-21(7-6-12-36(26)27)28(38)31-15-19-9-10-22-24(14-19)33-18(3)32-22/h4-12,14,17,20,37H,13,15-16H2,1-3H3,(H,31,38)(H,32,33)(H,34,39)/t20-/m0/s1. The number of nitrogens with zero attached hydrogens (tertiary/aromatic N) is 4. The first-order valence-electron chi connectivity index (χ1n) is 12.9. The number of aliphatic hydroxyl groups excluding tert-OH is 1. The molecule has 0 aliphatic heterocycles. The van der Waals surface area contributed by atoms with E-state index in [1.807, 2.05) is 45.0 Å². The molecule has 10 nitrogen and oxygen atoms in total. The van der Waals surface area contributed by atoms with Crippen molar-refractivity contribution in [3.05, 3.63) is 83.6 Å². The van der Waals surface area contributed by atoms with Crippen LogP contribution in [0.25, 0.3) is 28.1 Å². The summed E-state index contributed by atoms with van der Waals surface area (Å²) in [5.41, 5.74) is 4.47. The molecule has 0 fully saturated rings. The van der Waals surface area contributed by atoms with Crippen LogP contribution in [0.1, 0.15) is 52.5 Å². The third kappa shape index (κ3) is 5.51.